The highest BCUT2D eigenvalue weighted by atomic mass is 32.1. The van der Waals surface area contributed by atoms with Crippen molar-refractivity contribution in [1.29, 1.82) is 0 Å². The van der Waals surface area contributed by atoms with Gasteiger partial charge in [0.15, 0.2) is 5.13 Å². The fourth-order valence-electron chi connectivity index (χ4n) is 3.48. The number of nitrogens with one attached hydrogen (secondary N) is 2. The summed E-state index contributed by atoms with van der Waals surface area (Å²) in [5.74, 6) is 1.03. The van der Waals surface area contributed by atoms with E-state index in [2.05, 4.69) is 54.8 Å². The zero-order valence-electron chi connectivity index (χ0n) is 15.7. The van der Waals surface area contributed by atoms with E-state index in [0.717, 1.165) is 59.7 Å². The lowest BCUT2D eigenvalue weighted by atomic mass is 10.1. The molecular formula is C19H22N8S. The Morgan fingerprint density at radius 2 is 2.04 bits per heavy atom. The predicted octanol–water partition coefficient (Wildman–Crippen LogP) is 2.25. The van der Waals surface area contributed by atoms with Gasteiger partial charge >= 0.3 is 0 Å². The lowest BCUT2D eigenvalue weighted by Crippen LogP contribution is -2.44. The molecular weight excluding hydrogens is 372 g/mol. The Labute approximate surface area is 167 Å². The van der Waals surface area contributed by atoms with Gasteiger partial charge in [0, 0.05) is 56.9 Å². The molecule has 0 saturated carbocycles. The molecule has 3 aromatic rings. The minimum Gasteiger partial charge on any atom is -0.369 e. The Balaban J connectivity index is 1.35. The molecule has 0 spiro atoms. The number of pyridine rings is 2. The Kier molecular flexibility index (Phi) is 4.53. The number of anilines is 3. The van der Waals surface area contributed by atoms with Crippen LogP contribution in [0.2, 0.25) is 0 Å². The number of likely N-dealkylation sites (N-methyl/N-ethyl adjacent to an activating group) is 1. The van der Waals surface area contributed by atoms with Crippen LogP contribution in [0, 0.1) is 0 Å². The minimum absolute atomic E-state index is 0.227. The standard InChI is InChI=1S/C19H22N8S/c1-26-6-8-27(9-7-26)14-4-5-20-17(10-14)25-19-24-16-3-2-15(23-18(16)28-19)13-11-21-22-12-13/h2-5,10-11,13,22H,6-9,12H2,1H3,(H,20,24,25). The molecule has 2 N–H and O–H groups in total. The van der Waals surface area contributed by atoms with Crippen molar-refractivity contribution in [3.8, 4) is 0 Å². The van der Waals surface area contributed by atoms with Crippen molar-refractivity contribution in [2.45, 2.75) is 5.92 Å². The lowest BCUT2D eigenvalue weighted by molar-refractivity contribution is 0.313. The average molecular weight is 395 g/mol. The molecule has 5 heterocycles. The first kappa shape index (κ1) is 17.3. The van der Waals surface area contributed by atoms with Crippen molar-refractivity contribution in [2.24, 2.45) is 5.10 Å². The number of hydrazone groups is 1. The van der Waals surface area contributed by atoms with E-state index in [9.17, 15) is 0 Å². The van der Waals surface area contributed by atoms with Gasteiger partial charge in [0.05, 0.1) is 11.6 Å². The number of aromatic nitrogens is 3. The van der Waals surface area contributed by atoms with Gasteiger partial charge < -0.3 is 20.5 Å². The summed E-state index contributed by atoms with van der Waals surface area (Å²) in [7, 11) is 2.17. The van der Waals surface area contributed by atoms with E-state index in [1.807, 2.05) is 24.5 Å². The van der Waals surface area contributed by atoms with Gasteiger partial charge in [-0.3, -0.25) is 0 Å². The van der Waals surface area contributed by atoms with Gasteiger partial charge in [-0.05, 0) is 25.2 Å². The molecule has 144 valence electrons. The van der Waals surface area contributed by atoms with Crippen molar-refractivity contribution >= 4 is 44.5 Å². The largest absolute Gasteiger partial charge is 0.369 e. The summed E-state index contributed by atoms with van der Waals surface area (Å²) < 4.78 is 0. The second-order valence-electron chi connectivity index (χ2n) is 7.14. The zero-order valence-corrected chi connectivity index (χ0v) is 16.5. The molecule has 1 atom stereocenters. The zero-order chi connectivity index (χ0) is 18.9. The molecule has 2 aliphatic heterocycles. The maximum atomic E-state index is 4.77. The van der Waals surface area contributed by atoms with E-state index < -0.39 is 0 Å². The summed E-state index contributed by atoms with van der Waals surface area (Å²) >= 11 is 1.55. The third-order valence-electron chi connectivity index (χ3n) is 5.16. The minimum atomic E-state index is 0.227. The number of piperazine rings is 1. The normalized spacial score (nSPS) is 19.9. The van der Waals surface area contributed by atoms with Crippen molar-refractivity contribution in [1.82, 2.24) is 25.3 Å². The topological polar surface area (TPSA) is 81.6 Å². The molecule has 0 radical (unpaired) electrons. The second kappa shape index (κ2) is 7.33. The van der Waals surface area contributed by atoms with Gasteiger partial charge in [-0.25, -0.2) is 15.0 Å². The number of thiazole rings is 1. The van der Waals surface area contributed by atoms with Crippen LogP contribution < -0.4 is 15.6 Å². The molecule has 0 aliphatic carbocycles. The molecule has 1 saturated heterocycles. The van der Waals surface area contributed by atoms with Crippen LogP contribution in [0.25, 0.3) is 10.3 Å². The van der Waals surface area contributed by atoms with Gasteiger partial charge in [-0.1, -0.05) is 11.3 Å². The monoisotopic (exact) mass is 394 g/mol. The number of hydrogen-bond donors (Lipinski definition) is 2. The van der Waals surface area contributed by atoms with Crippen molar-refractivity contribution in [3.63, 3.8) is 0 Å². The van der Waals surface area contributed by atoms with Crippen LogP contribution in [0.3, 0.4) is 0 Å². The van der Waals surface area contributed by atoms with Gasteiger partial charge in [0.1, 0.15) is 16.2 Å². The molecule has 0 amide bonds. The summed E-state index contributed by atoms with van der Waals surface area (Å²) in [6, 6.07) is 8.22. The Morgan fingerprint density at radius 1 is 1.14 bits per heavy atom. The highest BCUT2D eigenvalue weighted by molar-refractivity contribution is 7.21. The first-order chi connectivity index (χ1) is 13.7. The molecule has 3 aromatic heterocycles. The summed E-state index contributed by atoms with van der Waals surface area (Å²) in [5.41, 5.74) is 6.09. The SMILES string of the molecule is CN1CCN(c2ccnc(Nc3nc4ccc(C5C=NNC5)nc4s3)c2)CC1. The molecule has 1 unspecified atom stereocenters. The third-order valence-corrected chi connectivity index (χ3v) is 6.04. The van der Waals surface area contributed by atoms with Crippen molar-refractivity contribution < 1.29 is 0 Å². The Hall–Kier alpha value is -2.78. The van der Waals surface area contributed by atoms with Crippen molar-refractivity contribution in [3.05, 3.63) is 36.2 Å². The van der Waals surface area contributed by atoms with Crippen LogP contribution >= 0.6 is 11.3 Å². The molecule has 0 aromatic carbocycles. The van der Waals surface area contributed by atoms with Crippen LogP contribution in [0.5, 0.6) is 0 Å². The number of hydrogen-bond acceptors (Lipinski definition) is 9. The predicted molar refractivity (Wildman–Crippen MR) is 114 cm³/mol. The number of nitrogens with zero attached hydrogens (tertiary/aromatic N) is 6. The first-order valence-electron chi connectivity index (χ1n) is 9.45. The van der Waals surface area contributed by atoms with Crippen LogP contribution in [0.15, 0.2) is 35.6 Å². The quantitative estimate of drug-likeness (QED) is 0.702. The first-order valence-corrected chi connectivity index (χ1v) is 10.3. The average Bonchev–Trinajstić information content (AvgIpc) is 3.37. The summed E-state index contributed by atoms with van der Waals surface area (Å²) in [5, 5.41) is 8.24. The second-order valence-corrected chi connectivity index (χ2v) is 8.12. The fourth-order valence-corrected chi connectivity index (χ4v) is 4.33. The smallest absolute Gasteiger partial charge is 0.190 e. The fraction of sp³-hybridized carbons (Fsp3) is 0.368. The van der Waals surface area contributed by atoms with E-state index >= 15 is 0 Å². The molecule has 28 heavy (non-hydrogen) atoms. The molecule has 1 fully saturated rings. The van der Waals surface area contributed by atoms with E-state index in [1.165, 1.54) is 5.69 Å². The maximum Gasteiger partial charge on any atom is 0.190 e. The van der Waals surface area contributed by atoms with Gasteiger partial charge in [0.25, 0.3) is 0 Å². The molecule has 2 aliphatic rings. The number of fused-ring (bicyclic) bond motifs is 1. The molecule has 5 rings (SSSR count). The van der Waals surface area contributed by atoms with Gasteiger partial charge in [-0.2, -0.15) is 5.10 Å². The van der Waals surface area contributed by atoms with E-state index in [4.69, 9.17) is 4.98 Å². The highest BCUT2D eigenvalue weighted by Gasteiger charge is 2.17. The Bertz CT molecular complexity index is 1010. The summed E-state index contributed by atoms with van der Waals surface area (Å²) in [6.45, 7) is 5.03. The van der Waals surface area contributed by atoms with E-state index in [1.54, 1.807) is 11.3 Å². The summed E-state index contributed by atoms with van der Waals surface area (Å²) in [6.07, 6.45) is 3.76. The Morgan fingerprint density at radius 3 is 2.86 bits per heavy atom. The maximum absolute atomic E-state index is 4.77. The third kappa shape index (κ3) is 3.50. The molecule has 8 nitrogen and oxygen atoms in total. The van der Waals surface area contributed by atoms with Crippen LogP contribution in [0.1, 0.15) is 11.6 Å². The number of rotatable bonds is 4. The highest BCUT2D eigenvalue weighted by Crippen LogP contribution is 2.29. The van der Waals surface area contributed by atoms with Gasteiger partial charge in [0.2, 0.25) is 0 Å². The van der Waals surface area contributed by atoms with E-state index in [-0.39, 0.29) is 5.92 Å². The molecule has 9 heteroatoms. The van der Waals surface area contributed by atoms with E-state index in [0.29, 0.717) is 0 Å². The summed E-state index contributed by atoms with van der Waals surface area (Å²) in [4.78, 5) is 19.6. The van der Waals surface area contributed by atoms with Crippen LogP contribution in [-0.2, 0) is 0 Å². The van der Waals surface area contributed by atoms with Gasteiger partial charge in [-0.15, -0.1) is 0 Å². The van der Waals surface area contributed by atoms with Crippen LogP contribution in [0.4, 0.5) is 16.6 Å². The van der Waals surface area contributed by atoms with Crippen molar-refractivity contribution in [2.75, 3.05) is 50.0 Å². The van der Waals surface area contributed by atoms with Crippen LogP contribution in [-0.4, -0.2) is 65.8 Å². The lowest BCUT2D eigenvalue weighted by Gasteiger charge is -2.34. The molecule has 0 bridgehead atoms.